The summed E-state index contributed by atoms with van der Waals surface area (Å²) in [5.41, 5.74) is 1.30. The summed E-state index contributed by atoms with van der Waals surface area (Å²) in [7, 11) is -4.94. The van der Waals surface area contributed by atoms with Crippen molar-refractivity contribution in [2.24, 2.45) is 0 Å². The lowest BCUT2D eigenvalue weighted by atomic mass is 10.3. The Morgan fingerprint density at radius 2 is 1.78 bits per heavy atom. The SMILES string of the molecule is CCO/C=C/C=C/c1sc2ccccc2[n+]1CC.[O-][Cl+3]([O-])([O-])[O-]. The van der Waals surface area contributed by atoms with Gasteiger partial charge in [0, 0.05) is 12.1 Å². The third-order valence-electron chi connectivity index (χ3n) is 2.64. The zero-order chi connectivity index (χ0) is 17.3. The number of hydrogen-bond donors (Lipinski definition) is 0. The van der Waals surface area contributed by atoms with Crippen molar-refractivity contribution in [2.75, 3.05) is 6.61 Å². The number of aryl methyl sites for hydroxylation is 1. The molecule has 0 spiro atoms. The first kappa shape index (κ1) is 19.6. The standard InChI is InChI=1S/C15H18NOS.ClHO4/c1-3-16-13-9-5-6-10-14(13)18-15(16)11-7-8-12-17-4-2;2-1(3,4)5/h5-12H,3-4H2,1-2H3;(H,2,3,4,5)/q+1;/p-1/b11-7+,12-8+;. The van der Waals surface area contributed by atoms with Crippen LogP contribution in [0.1, 0.15) is 18.9 Å². The highest BCUT2D eigenvalue weighted by Gasteiger charge is 2.15. The fraction of sp³-hybridized carbons (Fsp3) is 0.267. The van der Waals surface area contributed by atoms with Crippen molar-refractivity contribution in [2.45, 2.75) is 20.4 Å². The van der Waals surface area contributed by atoms with Gasteiger partial charge in [-0.1, -0.05) is 29.5 Å². The average molecular weight is 360 g/mol. The average Bonchev–Trinajstić information content (AvgIpc) is 2.82. The van der Waals surface area contributed by atoms with Crippen LogP contribution in [0, 0.1) is 10.2 Å². The largest absolute Gasteiger partial charge is 0.501 e. The van der Waals surface area contributed by atoms with E-state index in [-0.39, 0.29) is 0 Å². The number of ether oxygens (including phenoxy) is 1. The summed E-state index contributed by atoms with van der Waals surface area (Å²) in [4.78, 5) is 0. The maximum atomic E-state index is 8.49. The lowest BCUT2D eigenvalue weighted by molar-refractivity contribution is -2.00. The van der Waals surface area contributed by atoms with Crippen LogP contribution in [0.5, 0.6) is 0 Å². The van der Waals surface area contributed by atoms with Gasteiger partial charge in [0.25, 0.3) is 5.01 Å². The van der Waals surface area contributed by atoms with Crippen LogP contribution in [-0.4, -0.2) is 6.61 Å². The van der Waals surface area contributed by atoms with Gasteiger partial charge in [0.15, 0.2) is 0 Å². The van der Waals surface area contributed by atoms with E-state index in [1.54, 1.807) is 6.26 Å². The molecular formula is C15H18ClNO5S. The Hall–Kier alpha value is -1.48. The number of benzene rings is 1. The highest BCUT2D eigenvalue weighted by molar-refractivity contribution is 7.18. The van der Waals surface area contributed by atoms with Crippen LogP contribution in [-0.2, 0) is 11.3 Å². The maximum absolute atomic E-state index is 8.49. The normalized spacial score (nSPS) is 11.9. The number of hydrogen-bond acceptors (Lipinski definition) is 6. The molecular weight excluding hydrogens is 342 g/mol. The van der Waals surface area contributed by atoms with Gasteiger partial charge in [-0.3, -0.25) is 0 Å². The van der Waals surface area contributed by atoms with Crippen molar-refractivity contribution in [1.82, 2.24) is 0 Å². The number of fused-ring (bicyclic) bond motifs is 1. The van der Waals surface area contributed by atoms with Gasteiger partial charge in [0.2, 0.25) is 5.52 Å². The quantitative estimate of drug-likeness (QED) is 0.387. The first-order chi connectivity index (χ1) is 10.9. The second-order valence-electron chi connectivity index (χ2n) is 4.17. The minimum absolute atomic E-state index is 0.711. The molecule has 126 valence electrons. The molecule has 0 N–H and O–H groups in total. The van der Waals surface area contributed by atoms with Gasteiger partial charge < -0.3 is 4.74 Å². The third kappa shape index (κ3) is 7.56. The maximum Gasteiger partial charge on any atom is 0.262 e. The van der Waals surface area contributed by atoms with Crippen LogP contribution in [0.2, 0.25) is 0 Å². The van der Waals surface area contributed by atoms with Crippen molar-refractivity contribution in [3.8, 4) is 0 Å². The van der Waals surface area contributed by atoms with Gasteiger partial charge in [-0.15, -0.1) is 10.2 Å². The van der Waals surface area contributed by atoms with Crippen LogP contribution in [0.4, 0.5) is 0 Å². The van der Waals surface area contributed by atoms with E-state index in [2.05, 4.69) is 41.8 Å². The smallest absolute Gasteiger partial charge is 0.262 e. The molecule has 8 heteroatoms. The van der Waals surface area contributed by atoms with Crippen LogP contribution in [0.3, 0.4) is 0 Å². The molecule has 6 nitrogen and oxygen atoms in total. The van der Waals surface area contributed by atoms with Crippen LogP contribution < -0.4 is 23.2 Å². The number of rotatable bonds is 5. The summed E-state index contributed by atoms with van der Waals surface area (Å²) in [6.07, 6.45) is 7.80. The molecule has 0 aliphatic rings. The highest BCUT2D eigenvalue weighted by atomic mass is 35.7. The molecule has 0 aliphatic carbocycles. The van der Waals surface area contributed by atoms with Gasteiger partial charge in [-0.05, 0) is 26.0 Å². The van der Waals surface area contributed by atoms with Gasteiger partial charge in [0.1, 0.15) is 11.2 Å². The van der Waals surface area contributed by atoms with Crippen LogP contribution >= 0.6 is 11.3 Å². The summed E-state index contributed by atoms with van der Waals surface area (Å²) in [5, 5.41) is 1.26. The minimum atomic E-state index is -4.94. The highest BCUT2D eigenvalue weighted by Crippen LogP contribution is 2.20. The van der Waals surface area contributed by atoms with E-state index in [1.165, 1.54) is 15.2 Å². The van der Waals surface area contributed by atoms with Crippen LogP contribution in [0.25, 0.3) is 16.3 Å². The molecule has 0 amide bonds. The number of para-hydroxylation sites is 1. The fourth-order valence-corrected chi connectivity index (χ4v) is 2.98. The Morgan fingerprint density at radius 3 is 2.39 bits per heavy atom. The molecule has 1 aromatic carbocycles. The van der Waals surface area contributed by atoms with Crippen molar-refractivity contribution in [1.29, 1.82) is 0 Å². The Kier molecular flexibility index (Phi) is 8.18. The number of halogens is 1. The lowest BCUT2D eigenvalue weighted by Crippen LogP contribution is -2.68. The van der Waals surface area contributed by atoms with Gasteiger partial charge >= 0.3 is 0 Å². The molecule has 0 unspecified atom stereocenters. The molecule has 0 bridgehead atoms. The van der Waals surface area contributed by atoms with E-state index in [4.69, 9.17) is 23.4 Å². The van der Waals surface area contributed by atoms with Gasteiger partial charge in [0.05, 0.1) is 12.9 Å². The van der Waals surface area contributed by atoms with E-state index >= 15 is 0 Å². The van der Waals surface area contributed by atoms with Crippen molar-refractivity contribution in [3.63, 3.8) is 0 Å². The Labute approximate surface area is 140 Å². The second-order valence-corrected chi connectivity index (χ2v) is 5.99. The van der Waals surface area contributed by atoms with Gasteiger partial charge in [-0.25, -0.2) is 18.6 Å². The monoisotopic (exact) mass is 359 g/mol. The zero-order valence-corrected chi connectivity index (χ0v) is 14.4. The van der Waals surface area contributed by atoms with Crippen LogP contribution in [0.15, 0.2) is 42.7 Å². The van der Waals surface area contributed by atoms with E-state index in [0.717, 1.165) is 6.54 Å². The van der Waals surface area contributed by atoms with Crippen molar-refractivity contribution in [3.05, 3.63) is 47.7 Å². The van der Waals surface area contributed by atoms with E-state index in [9.17, 15) is 0 Å². The summed E-state index contributed by atoms with van der Waals surface area (Å²) in [5.74, 6) is 0. The van der Waals surface area contributed by atoms with Crippen molar-refractivity contribution >= 4 is 27.6 Å². The van der Waals surface area contributed by atoms with Crippen molar-refractivity contribution < 1.29 is 38.2 Å². The molecule has 0 radical (unpaired) electrons. The second kappa shape index (κ2) is 9.61. The Morgan fingerprint density at radius 1 is 1.13 bits per heavy atom. The molecule has 0 saturated heterocycles. The predicted octanol–water partition coefficient (Wildman–Crippen LogP) is -0.984. The third-order valence-corrected chi connectivity index (χ3v) is 3.77. The summed E-state index contributed by atoms with van der Waals surface area (Å²) in [6, 6.07) is 8.51. The molecule has 0 aliphatic heterocycles. The number of allylic oxidation sites excluding steroid dienone is 2. The molecule has 2 aromatic rings. The number of aromatic nitrogens is 1. The summed E-state index contributed by atoms with van der Waals surface area (Å²) in [6.45, 7) is 5.85. The predicted molar refractivity (Wildman–Crippen MR) is 77.5 cm³/mol. The first-order valence-corrected chi connectivity index (χ1v) is 8.89. The lowest BCUT2D eigenvalue weighted by Gasteiger charge is -2.17. The number of nitrogens with zero attached hydrogens (tertiary/aromatic N) is 1. The molecule has 1 heterocycles. The van der Waals surface area contributed by atoms with E-state index in [0.29, 0.717) is 6.61 Å². The first-order valence-electron chi connectivity index (χ1n) is 6.84. The molecule has 0 atom stereocenters. The molecule has 2 rings (SSSR count). The topological polar surface area (TPSA) is 105 Å². The van der Waals surface area contributed by atoms with E-state index < -0.39 is 10.2 Å². The minimum Gasteiger partial charge on any atom is -0.501 e. The Bertz CT molecular complexity index is 657. The zero-order valence-electron chi connectivity index (χ0n) is 12.8. The summed E-state index contributed by atoms with van der Waals surface area (Å²) >= 11 is 1.81. The molecule has 0 fully saturated rings. The fourth-order valence-electron chi connectivity index (χ4n) is 1.84. The number of thiazole rings is 1. The summed E-state index contributed by atoms with van der Waals surface area (Å²) < 4.78 is 42.8. The molecule has 0 saturated carbocycles. The van der Waals surface area contributed by atoms with E-state index in [1.807, 2.05) is 30.4 Å². The Balaban J connectivity index is 0.000000463. The van der Waals surface area contributed by atoms with Gasteiger partial charge in [-0.2, -0.15) is 4.57 Å². The molecule has 23 heavy (non-hydrogen) atoms. The molecule has 1 aromatic heterocycles.